The van der Waals surface area contributed by atoms with Crippen molar-refractivity contribution in [3.63, 3.8) is 0 Å². The van der Waals surface area contributed by atoms with Crippen molar-refractivity contribution in [1.82, 2.24) is 4.98 Å². The topological polar surface area (TPSA) is 109 Å². The lowest BCUT2D eigenvalue weighted by molar-refractivity contribution is 0.201. The second-order valence-corrected chi connectivity index (χ2v) is 8.24. The van der Waals surface area contributed by atoms with Crippen LogP contribution >= 0.6 is 0 Å². The van der Waals surface area contributed by atoms with Crippen LogP contribution in [0.2, 0.25) is 0 Å². The van der Waals surface area contributed by atoms with Crippen LogP contribution in [0.5, 0.6) is 11.5 Å². The van der Waals surface area contributed by atoms with E-state index >= 15 is 0 Å². The molecule has 0 radical (unpaired) electrons. The Morgan fingerprint density at radius 2 is 2.09 bits per heavy atom. The first-order valence-corrected chi connectivity index (χ1v) is 11.4. The van der Waals surface area contributed by atoms with Crippen LogP contribution in [0.3, 0.4) is 0 Å². The van der Waals surface area contributed by atoms with Crippen LogP contribution in [-0.2, 0) is 4.74 Å². The number of benzene rings is 1. The Kier molecular flexibility index (Phi) is 7.22. The molecule has 3 N–H and O–H groups in total. The van der Waals surface area contributed by atoms with Gasteiger partial charge in [0.25, 0.3) is 0 Å². The van der Waals surface area contributed by atoms with Crippen LogP contribution in [0.15, 0.2) is 52.0 Å². The Balaban J connectivity index is 1.75. The number of aryl methyl sites for hydroxylation is 1. The number of hydrogen-bond donors (Lipinski definition) is 3. The first kappa shape index (κ1) is 24.1. The van der Waals surface area contributed by atoms with Gasteiger partial charge in [-0.25, -0.2) is 9.98 Å². The lowest BCUT2D eigenvalue weighted by Crippen LogP contribution is -2.04. The molecule has 0 atom stereocenters. The van der Waals surface area contributed by atoms with Gasteiger partial charge in [0.1, 0.15) is 23.7 Å². The molecule has 1 aliphatic rings. The van der Waals surface area contributed by atoms with Crippen LogP contribution < -0.4 is 10.1 Å². The number of aromatic hydroxyl groups is 1. The Morgan fingerprint density at radius 1 is 1.26 bits per heavy atom. The van der Waals surface area contributed by atoms with E-state index in [1.807, 2.05) is 52.0 Å². The van der Waals surface area contributed by atoms with E-state index in [0.29, 0.717) is 28.8 Å². The van der Waals surface area contributed by atoms with Gasteiger partial charge in [0.05, 0.1) is 12.7 Å². The van der Waals surface area contributed by atoms with Crippen molar-refractivity contribution < 1.29 is 24.1 Å². The molecule has 3 heterocycles. The highest BCUT2D eigenvalue weighted by Gasteiger charge is 2.25. The van der Waals surface area contributed by atoms with Gasteiger partial charge in [-0.05, 0) is 75.7 Å². The molecule has 0 aliphatic carbocycles. The van der Waals surface area contributed by atoms with Gasteiger partial charge in [0.15, 0.2) is 17.3 Å². The predicted octanol–water partition coefficient (Wildman–Crippen LogP) is 5.85. The maximum atomic E-state index is 11.2. The van der Waals surface area contributed by atoms with E-state index in [1.165, 1.54) is 0 Å². The van der Waals surface area contributed by atoms with Gasteiger partial charge < -0.3 is 29.4 Å². The number of furan rings is 1. The third-order valence-corrected chi connectivity index (χ3v) is 5.30. The van der Waals surface area contributed by atoms with Crippen LogP contribution in [0.4, 0.5) is 17.4 Å². The Labute approximate surface area is 204 Å². The number of fused-ring (bicyclic) bond motifs is 1. The number of aromatic nitrogens is 1. The van der Waals surface area contributed by atoms with E-state index in [1.54, 1.807) is 30.6 Å². The number of allylic oxidation sites excluding steroid dienone is 2. The summed E-state index contributed by atoms with van der Waals surface area (Å²) in [4.78, 5) is 8.59. The molecule has 4 rings (SSSR count). The molecule has 182 valence electrons. The zero-order chi connectivity index (χ0) is 24.9. The molecule has 0 spiro atoms. The number of rotatable bonds is 9. The van der Waals surface area contributed by atoms with Crippen LogP contribution in [0.25, 0.3) is 17.4 Å². The Bertz CT molecular complexity index is 1300. The summed E-state index contributed by atoms with van der Waals surface area (Å²) in [5.41, 5.74) is 3.74. The maximum absolute atomic E-state index is 11.2. The minimum absolute atomic E-state index is 0.0416. The molecule has 0 saturated heterocycles. The van der Waals surface area contributed by atoms with Gasteiger partial charge in [0.2, 0.25) is 5.88 Å². The largest absolute Gasteiger partial charge is 0.504 e. The molecule has 0 saturated carbocycles. The third-order valence-electron chi connectivity index (χ3n) is 5.30. The van der Waals surface area contributed by atoms with E-state index in [4.69, 9.17) is 19.0 Å². The van der Waals surface area contributed by atoms with Gasteiger partial charge in [-0.1, -0.05) is 0 Å². The number of aliphatic imine (C=N–C) groups is 1. The van der Waals surface area contributed by atoms with Crippen molar-refractivity contribution in [3.8, 4) is 11.5 Å². The maximum Gasteiger partial charge on any atom is 0.213 e. The zero-order valence-electron chi connectivity index (χ0n) is 20.2. The van der Waals surface area contributed by atoms with Gasteiger partial charge >= 0.3 is 0 Å². The molecule has 8 heteroatoms. The fourth-order valence-corrected chi connectivity index (χ4v) is 3.71. The number of aliphatic hydroxyl groups excluding tert-OH is 1. The van der Waals surface area contributed by atoms with Crippen LogP contribution in [0.1, 0.15) is 43.2 Å². The summed E-state index contributed by atoms with van der Waals surface area (Å²) in [6.07, 6.45) is 6.82. The summed E-state index contributed by atoms with van der Waals surface area (Å²) in [7, 11) is 0. The first-order valence-electron chi connectivity index (χ1n) is 11.4. The zero-order valence-corrected chi connectivity index (χ0v) is 20.2. The molecule has 1 aromatic carbocycles. The normalized spacial score (nSPS) is 14.0. The first-order chi connectivity index (χ1) is 16.9. The number of hydrogen-bond acceptors (Lipinski definition) is 8. The van der Waals surface area contributed by atoms with E-state index in [-0.39, 0.29) is 30.8 Å². The van der Waals surface area contributed by atoms with Gasteiger partial charge in [-0.15, -0.1) is 0 Å². The number of nitrogens with zero attached hydrogens (tertiary/aromatic N) is 2. The fraction of sp³-hybridized carbons (Fsp3) is 0.259. The summed E-state index contributed by atoms with van der Waals surface area (Å²) in [5, 5.41) is 23.5. The van der Waals surface area contributed by atoms with Crippen LogP contribution in [0, 0.1) is 6.92 Å². The molecule has 0 bridgehead atoms. The van der Waals surface area contributed by atoms with Crippen molar-refractivity contribution in [3.05, 3.63) is 65.1 Å². The van der Waals surface area contributed by atoms with Crippen LogP contribution in [-0.4, -0.2) is 40.7 Å². The third kappa shape index (κ3) is 5.22. The molecule has 3 aromatic rings. The monoisotopic (exact) mass is 475 g/mol. The Hall–Kier alpha value is -4.04. The minimum atomic E-state index is -0.102. The van der Waals surface area contributed by atoms with Crippen molar-refractivity contribution >= 4 is 41.0 Å². The number of anilines is 2. The lowest BCUT2D eigenvalue weighted by atomic mass is 10.1. The van der Waals surface area contributed by atoms with E-state index in [2.05, 4.69) is 15.3 Å². The minimum Gasteiger partial charge on any atom is -0.504 e. The van der Waals surface area contributed by atoms with Gasteiger partial charge in [-0.2, -0.15) is 0 Å². The summed E-state index contributed by atoms with van der Waals surface area (Å²) in [6.45, 7) is 7.78. The molecular formula is C27H29N3O5. The molecule has 1 aliphatic heterocycles. The highest BCUT2D eigenvalue weighted by Crippen LogP contribution is 2.43. The van der Waals surface area contributed by atoms with E-state index in [9.17, 15) is 5.11 Å². The summed E-state index contributed by atoms with van der Waals surface area (Å²) in [6, 6.07) is 9.28. The van der Waals surface area contributed by atoms with E-state index in [0.717, 1.165) is 22.4 Å². The fourth-order valence-electron chi connectivity index (χ4n) is 3.71. The summed E-state index contributed by atoms with van der Waals surface area (Å²) >= 11 is 0. The van der Waals surface area contributed by atoms with Gasteiger partial charge in [0, 0.05) is 29.2 Å². The molecule has 2 aromatic heterocycles. The molecule has 0 unspecified atom stereocenters. The van der Waals surface area contributed by atoms with Crippen molar-refractivity contribution in [2.75, 3.05) is 18.5 Å². The molecule has 8 nitrogen and oxygen atoms in total. The average molecular weight is 476 g/mol. The smallest absolute Gasteiger partial charge is 0.213 e. The molecular weight excluding hydrogens is 446 g/mol. The van der Waals surface area contributed by atoms with Gasteiger partial charge in [-0.3, -0.25) is 0 Å². The number of pyridine rings is 1. The number of aliphatic hydroxyl groups is 1. The highest BCUT2D eigenvalue weighted by molar-refractivity contribution is 6.21. The molecule has 0 amide bonds. The standard InChI is InChI=1S/C27H29N3O5/c1-5-22(34-16(2)3)24-25(32)23(14-18-15-29-26-20(18)7-6-10-28-26)35-27(24)30-21-9-8-19(13-17(21)4)33-12-11-31/h5-10,13-16,30-32H,11-12H2,1-4H3. The quantitative estimate of drug-likeness (QED) is 0.333. The molecule has 0 fully saturated rings. The Morgan fingerprint density at radius 3 is 2.80 bits per heavy atom. The van der Waals surface area contributed by atoms with Crippen molar-refractivity contribution in [2.45, 2.75) is 33.8 Å². The second-order valence-electron chi connectivity index (χ2n) is 8.24. The highest BCUT2D eigenvalue weighted by atomic mass is 16.5. The summed E-state index contributed by atoms with van der Waals surface area (Å²) < 4.78 is 17.6. The summed E-state index contributed by atoms with van der Waals surface area (Å²) in [5.74, 6) is 2.35. The number of ether oxygens (including phenoxy) is 2. The SMILES string of the molecule is CC=C(OC(C)C)c1c(Nc2ccc(OCCO)cc2C)oc(C=C2C=Nc3ncccc32)c1O. The lowest BCUT2D eigenvalue weighted by Gasteiger charge is -2.15. The van der Waals surface area contributed by atoms with Crippen molar-refractivity contribution in [2.24, 2.45) is 4.99 Å². The second kappa shape index (κ2) is 10.5. The number of nitrogens with one attached hydrogen (secondary N) is 1. The predicted molar refractivity (Wildman–Crippen MR) is 138 cm³/mol. The van der Waals surface area contributed by atoms with Crippen molar-refractivity contribution in [1.29, 1.82) is 0 Å². The molecule has 35 heavy (non-hydrogen) atoms. The average Bonchev–Trinajstić information content (AvgIpc) is 3.38. The van der Waals surface area contributed by atoms with E-state index < -0.39 is 0 Å².